The first kappa shape index (κ1) is 24.3. The van der Waals surface area contributed by atoms with Crippen molar-refractivity contribution in [2.45, 2.75) is 83.2 Å². The molecule has 174 valence electrons. The molecule has 0 heterocycles. The van der Waals surface area contributed by atoms with Crippen molar-refractivity contribution in [1.29, 1.82) is 0 Å². The number of hydrogen-bond acceptors (Lipinski definition) is 2. The van der Waals surface area contributed by atoms with Crippen molar-refractivity contribution in [3.8, 4) is 0 Å². The molecule has 0 amide bonds. The number of methoxy groups -OCH3 is 1. The van der Waals surface area contributed by atoms with Crippen LogP contribution in [0.1, 0.15) is 82.9 Å². The molecule has 0 saturated carbocycles. The largest absolute Gasteiger partial charge is 0.466 e. The highest BCUT2D eigenvalue weighted by atomic mass is 19.4. The second-order valence-corrected chi connectivity index (χ2v) is 10.2. The molecule has 0 fully saturated rings. The molecular weight excluding hydrogens is 413 g/mol. The zero-order valence-electron chi connectivity index (χ0n) is 19.7. The molecule has 32 heavy (non-hydrogen) atoms. The maximum atomic E-state index is 13.4. The number of alkyl halides is 3. The lowest BCUT2D eigenvalue weighted by molar-refractivity contribution is -0.135. The van der Waals surface area contributed by atoms with Crippen molar-refractivity contribution in [1.82, 2.24) is 0 Å². The van der Waals surface area contributed by atoms with E-state index in [9.17, 15) is 18.0 Å². The van der Waals surface area contributed by atoms with Gasteiger partial charge < -0.3 is 4.74 Å². The molecule has 2 aliphatic rings. The summed E-state index contributed by atoms with van der Waals surface area (Å²) in [7, 11) is 1.07. The molecule has 0 N–H and O–H groups in total. The summed E-state index contributed by atoms with van der Waals surface area (Å²) in [6.07, 6.45) is 4.17. The third kappa shape index (κ3) is 5.19. The Labute approximate surface area is 189 Å². The minimum Gasteiger partial charge on any atom is -0.466 e. The molecule has 1 aromatic carbocycles. The van der Waals surface area contributed by atoms with Gasteiger partial charge >= 0.3 is 12.1 Å². The molecule has 0 spiro atoms. The quantitative estimate of drug-likeness (QED) is 0.271. The van der Waals surface area contributed by atoms with Gasteiger partial charge in [-0.3, -0.25) is 0 Å². The Bertz CT molecular complexity index is 975. The van der Waals surface area contributed by atoms with Crippen LogP contribution in [0.2, 0.25) is 0 Å². The molecule has 5 heteroatoms. The molecule has 0 aliphatic heterocycles. The highest BCUT2D eigenvalue weighted by Crippen LogP contribution is 2.47. The Hall–Kier alpha value is -2.30. The van der Waals surface area contributed by atoms with E-state index in [1.807, 2.05) is 0 Å². The van der Waals surface area contributed by atoms with Gasteiger partial charge in [0.2, 0.25) is 0 Å². The van der Waals surface area contributed by atoms with E-state index in [0.717, 1.165) is 68.4 Å². The van der Waals surface area contributed by atoms with Crippen molar-refractivity contribution in [2.24, 2.45) is 0 Å². The highest BCUT2D eigenvalue weighted by molar-refractivity contribution is 5.83. The zero-order valence-corrected chi connectivity index (χ0v) is 19.7. The smallest absolute Gasteiger partial charge is 0.416 e. The van der Waals surface area contributed by atoms with E-state index in [1.165, 1.54) is 17.2 Å². The standard InChI is InChI=1S/C27H33F3O2/c1-25(2)14-15-26(3,4)23-16-19(11-13-22(23)25)21-9-7-6-8-18(21)10-12-20(27(28,29)30)17-24(31)32-5/h10-13,16-17H,6-9,14-15H2,1-5H3. The first-order valence-electron chi connectivity index (χ1n) is 11.3. The number of benzene rings is 1. The number of allylic oxidation sites excluding steroid dienone is 5. The average Bonchev–Trinajstić information content (AvgIpc) is 2.73. The SMILES string of the molecule is COC(=O)C=C(C=CC1=C(c2ccc3c(c2)C(C)(C)CCC3(C)C)CCCC1)C(F)(F)F. The summed E-state index contributed by atoms with van der Waals surface area (Å²) in [5.41, 5.74) is 5.00. The van der Waals surface area contributed by atoms with Crippen LogP contribution in [0.4, 0.5) is 13.2 Å². The summed E-state index contributed by atoms with van der Waals surface area (Å²) in [4.78, 5) is 11.4. The summed E-state index contributed by atoms with van der Waals surface area (Å²) < 4.78 is 44.6. The van der Waals surface area contributed by atoms with E-state index in [1.54, 1.807) is 0 Å². The Morgan fingerprint density at radius 2 is 1.62 bits per heavy atom. The van der Waals surface area contributed by atoms with Crippen LogP contribution in [0, 0.1) is 0 Å². The summed E-state index contributed by atoms with van der Waals surface area (Å²) in [6, 6.07) is 6.61. The fourth-order valence-corrected chi connectivity index (χ4v) is 4.82. The van der Waals surface area contributed by atoms with Crippen molar-refractivity contribution < 1.29 is 22.7 Å². The molecule has 0 aromatic heterocycles. The summed E-state index contributed by atoms with van der Waals surface area (Å²) in [5, 5.41) is 0. The minimum atomic E-state index is -4.62. The van der Waals surface area contributed by atoms with Gasteiger partial charge in [-0.2, -0.15) is 13.2 Å². The van der Waals surface area contributed by atoms with Crippen molar-refractivity contribution in [2.75, 3.05) is 7.11 Å². The number of carbonyl (C=O) groups excluding carboxylic acids is 1. The lowest BCUT2D eigenvalue weighted by atomic mass is 9.62. The number of halogens is 3. The van der Waals surface area contributed by atoms with Gasteiger partial charge in [0.15, 0.2) is 0 Å². The molecule has 0 saturated heterocycles. The Morgan fingerprint density at radius 1 is 1.00 bits per heavy atom. The molecule has 0 unspecified atom stereocenters. The predicted octanol–water partition coefficient (Wildman–Crippen LogP) is 7.58. The maximum Gasteiger partial charge on any atom is 0.416 e. The van der Waals surface area contributed by atoms with E-state index in [4.69, 9.17) is 0 Å². The van der Waals surface area contributed by atoms with E-state index in [0.29, 0.717) is 6.08 Å². The molecule has 2 aliphatic carbocycles. The van der Waals surface area contributed by atoms with Gasteiger partial charge in [-0.1, -0.05) is 52.0 Å². The molecule has 2 nitrogen and oxygen atoms in total. The van der Waals surface area contributed by atoms with Crippen LogP contribution in [0.5, 0.6) is 0 Å². The van der Waals surface area contributed by atoms with Gasteiger partial charge in [0, 0.05) is 6.08 Å². The molecular formula is C27H33F3O2. The van der Waals surface area contributed by atoms with Crippen LogP contribution in [0.25, 0.3) is 5.57 Å². The van der Waals surface area contributed by atoms with Crippen molar-refractivity contribution in [3.05, 3.63) is 64.3 Å². The van der Waals surface area contributed by atoms with Crippen LogP contribution in [-0.4, -0.2) is 19.3 Å². The van der Waals surface area contributed by atoms with Crippen molar-refractivity contribution >= 4 is 11.5 Å². The molecule has 1 aromatic rings. The van der Waals surface area contributed by atoms with Gasteiger partial charge in [0.1, 0.15) is 0 Å². The number of fused-ring (bicyclic) bond motifs is 1. The normalized spacial score (nSPS) is 20.9. The minimum absolute atomic E-state index is 0.0683. The second-order valence-electron chi connectivity index (χ2n) is 10.2. The third-order valence-corrected chi connectivity index (χ3v) is 6.98. The average molecular weight is 447 g/mol. The van der Waals surface area contributed by atoms with E-state index in [2.05, 4.69) is 50.6 Å². The first-order valence-corrected chi connectivity index (χ1v) is 11.3. The van der Waals surface area contributed by atoms with Crippen LogP contribution in [-0.2, 0) is 20.4 Å². The number of rotatable bonds is 4. The molecule has 3 rings (SSSR count). The summed E-state index contributed by atoms with van der Waals surface area (Å²) >= 11 is 0. The third-order valence-electron chi connectivity index (χ3n) is 6.98. The Balaban J connectivity index is 2.06. The number of ether oxygens (including phenoxy) is 1. The number of carbonyl (C=O) groups is 1. The zero-order chi connectivity index (χ0) is 23.7. The Morgan fingerprint density at radius 3 is 2.25 bits per heavy atom. The number of esters is 1. The maximum absolute atomic E-state index is 13.4. The van der Waals surface area contributed by atoms with Crippen LogP contribution in [0.3, 0.4) is 0 Å². The van der Waals surface area contributed by atoms with Gasteiger partial charge in [-0.25, -0.2) is 4.79 Å². The van der Waals surface area contributed by atoms with Gasteiger partial charge in [0.25, 0.3) is 0 Å². The van der Waals surface area contributed by atoms with Gasteiger partial charge in [-0.15, -0.1) is 0 Å². The summed E-state index contributed by atoms with van der Waals surface area (Å²) in [6.45, 7) is 9.10. The van der Waals surface area contributed by atoms with Crippen LogP contribution < -0.4 is 0 Å². The fourth-order valence-electron chi connectivity index (χ4n) is 4.82. The van der Waals surface area contributed by atoms with E-state index < -0.39 is 17.7 Å². The molecule has 0 bridgehead atoms. The first-order chi connectivity index (χ1) is 14.8. The lowest BCUT2D eigenvalue weighted by Gasteiger charge is -2.42. The van der Waals surface area contributed by atoms with Gasteiger partial charge in [0.05, 0.1) is 12.7 Å². The predicted molar refractivity (Wildman–Crippen MR) is 122 cm³/mol. The van der Waals surface area contributed by atoms with E-state index in [-0.39, 0.29) is 10.8 Å². The Kier molecular flexibility index (Phi) is 6.78. The van der Waals surface area contributed by atoms with E-state index >= 15 is 0 Å². The summed E-state index contributed by atoms with van der Waals surface area (Å²) in [5.74, 6) is -1.01. The van der Waals surface area contributed by atoms with Gasteiger partial charge in [-0.05, 0) is 83.3 Å². The van der Waals surface area contributed by atoms with Crippen LogP contribution >= 0.6 is 0 Å². The number of hydrogen-bond donors (Lipinski definition) is 0. The topological polar surface area (TPSA) is 26.3 Å². The highest BCUT2D eigenvalue weighted by Gasteiger charge is 2.37. The molecule has 0 radical (unpaired) electrons. The second kappa shape index (κ2) is 8.92. The monoisotopic (exact) mass is 446 g/mol. The lowest BCUT2D eigenvalue weighted by Crippen LogP contribution is -2.33. The van der Waals surface area contributed by atoms with Crippen LogP contribution in [0.15, 0.2) is 47.6 Å². The fraction of sp³-hybridized carbons (Fsp3) is 0.519. The van der Waals surface area contributed by atoms with Crippen molar-refractivity contribution in [3.63, 3.8) is 0 Å². The molecule has 0 atom stereocenters.